The van der Waals surface area contributed by atoms with Gasteiger partial charge in [-0.05, 0) is 72.5 Å². The first-order chi connectivity index (χ1) is 21.5. The number of carboxylic acids is 1. The summed E-state index contributed by atoms with van der Waals surface area (Å²) >= 11 is 5.93. The lowest BCUT2D eigenvalue weighted by Crippen LogP contribution is -2.49. The average molecular weight is 643 g/mol. The van der Waals surface area contributed by atoms with Gasteiger partial charge in [-0.3, -0.25) is 14.4 Å². The summed E-state index contributed by atoms with van der Waals surface area (Å²) in [5.74, 6) is -1.43. The largest absolute Gasteiger partial charge is 0.484 e. The van der Waals surface area contributed by atoms with Crippen LogP contribution < -0.4 is 35.5 Å². The Kier molecular flexibility index (Phi) is 11.0. The maximum absolute atomic E-state index is 13.3. The third kappa shape index (κ3) is 9.73. The van der Waals surface area contributed by atoms with Gasteiger partial charge in [0.05, 0.1) is 23.2 Å². The van der Waals surface area contributed by atoms with E-state index in [1.165, 1.54) is 24.3 Å². The van der Waals surface area contributed by atoms with Crippen LogP contribution >= 0.6 is 11.6 Å². The van der Waals surface area contributed by atoms with E-state index in [1.807, 2.05) is 13.8 Å². The summed E-state index contributed by atoms with van der Waals surface area (Å²) in [5.41, 5.74) is 1.16. The third-order valence-corrected chi connectivity index (χ3v) is 6.83. The number of anilines is 2. The highest BCUT2D eigenvalue weighted by atomic mass is 35.5. The van der Waals surface area contributed by atoms with Crippen molar-refractivity contribution in [3.05, 3.63) is 77.1 Å². The zero-order valence-corrected chi connectivity index (χ0v) is 25.2. The van der Waals surface area contributed by atoms with Gasteiger partial charge in [-0.15, -0.1) is 0 Å². The van der Waals surface area contributed by atoms with Crippen molar-refractivity contribution in [1.82, 2.24) is 10.6 Å². The maximum atomic E-state index is 13.3. The Morgan fingerprint density at radius 3 is 2.38 bits per heavy atom. The van der Waals surface area contributed by atoms with Gasteiger partial charge in [0.15, 0.2) is 18.1 Å². The highest BCUT2D eigenvalue weighted by Gasteiger charge is 2.27. The molecule has 1 aliphatic heterocycles. The van der Waals surface area contributed by atoms with Gasteiger partial charge < -0.3 is 40.6 Å². The molecule has 2 unspecified atom stereocenters. The van der Waals surface area contributed by atoms with Crippen LogP contribution in [0.15, 0.2) is 60.7 Å². The van der Waals surface area contributed by atoms with Crippen LogP contribution in [-0.2, 0) is 14.4 Å². The first-order valence-electron chi connectivity index (χ1n) is 13.9. The first kappa shape index (κ1) is 32.9. The molecule has 0 fully saturated rings. The fraction of sp³-hybridized carbons (Fsp3) is 0.290. The van der Waals surface area contributed by atoms with E-state index in [2.05, 4.69) is 21.3 Å². The number of carbonyl (C=O) groups excluding carboxylic acids is 3. The SMILES string of the molecule is CC(C)CC(NC(=O)COc1ccc(NC(=O)Nc2ccc(F)cc2Cl)cc1)C(=O)NC(CC(=O)O)c1ccc2c(c1)OCO2. The van der Waals surface area contributed by atoms with Crippen LogP contribution in [-0.4, -0.2) is 48.4 Å². The molecular weight excluding hydrogens is 611 g/mol. The number of hydrogen-bond donors (Lipinski definition) is 5. The predicted octanol–water partition coefficient (Wildman–Crippen LogP) is 5.09. The van der Waals surface area contributed by atoms with Gasteiger partial charge in [0.2, 0.25) is 12.7 Å². The lowest BCUT2D eigenvalue weighted by Gasteiger charge is -2.24. The summed E-state index contributed by atoms with van der Waals surface area (Å²) < 4.78 is 29.4. The molecule has 3 aromatic rings. The van der Waals surface area contributed by atoms with Gasteiger partial charge in [0, 0.05) is 5.69 Å². The Hall–Kier alpha value is -5.04. The highest BCUT2D eigenvalue weighted by molar-refractivity contribution is 6.33. The van der Waals surface area contributed by atoms with E-state index < -0.39 is 48.3 Å². The maximum Gasteiger partial charge on any atom is 0.323 e. The van der Waals surface area contributed by atoms with E-state index in [1.54, 1.807) is 30.3 Å². The van der Waals surface area contributed by atoms with Crippen molar-refractivity contribution in [2.45, 2.75) is 38.8 Å². The quantitative estimate of drug-likeness (QED) is 0.172. The van der Waals surface area contributed by atoms with Crippen molar-refractivity contribution in [3.63, 3.8) is 0 Å². The molecule has 4 rings (SSSR count). The second-order valence-electron chi connectivity index (χ2n) is 10.5. The predicted molar refractivity (Wildman–Crippen MR) is 163 cm³/mol. The van der Waals surface area contributed by atoms with E-state index in [9.17, 15) is 28.7 Å². The number of ether oxygens (including phenoxy) is 3. The smallest absolute Gasteiger partial charge is 0.323 e. The summed E-state index contributed by atoms with van der Waals surface area (Å²) in [6.07, 6.45) is -0.0899. The van der Waals surface area contributed by atoms with Crippen molar-refractivity contribution in [2.75, 3.05) is 24.0 Å². The fourth-order valence-corrected chi connectivity index (χ4v) is 4.64. The molecule has 238 valence electrons. The normalized spacial score (nSPS) is 13.0. The average Bonchev–Trinajstić information content (AvgIpc) is 3.45. The minimum Gasteiger partial charge on any atom is -0.484 e. The topological polar surface area (TPSA) is 164 Å². The minimum atomic E-state index is -1.12. The van der Waals surface area contributed by atoms with E-state index in [0.717, 1.165) is 6.07 Å². The number of rotatable bonds is 13. The molecule has 2 atom stereocenters. The molecule has 0 saturated carbocycles. The zero-order valence-electron chi connectivity index (χ0n) is 24.4. The number of nitrogens with one attached hydrogen (secondary N) is 4. The van der Waals surface area contributed by atoms with Crippen LogP contribution in [0.1, 0.15) is 38.3 Å². The highest BCUT2D eigenvalue weighted by Crippen LogP contribution is 2.35. The van der Waals surface area contributed by atoms with Crippen LogP contribution in [0.5, 0.6) is 17.2 Å². The molecule has 0 aromatic heterocycles. The number of fused-ring (bicyclic) bond motifs is 1. The Bertz CT molecular complexity index is 1550. The molecule has 5 N–H and O–H groups in total. The van der Waals surface area contributed by atoms with Crippen molar-refractivity contribution in [2.24, 2.45) is 5.92 Å². The Labute approximate surface area is 263 Å². The lowest BCUT2D eigenvalue weighted by atomic mass is 10.00. The standard InChI is InChI=1S/C31H32ClFN4O8/c1-17(2)11-25(30(41)36-24(14-29(39)40)18-3-10-26-27(12-18)45-16-44-26)35-28(38)15-43-21-7-5-20(6-8-21)34-31(42)37-23-9-4-19(33)13-22(23)32/h3-10,12-13,17,24-25H,11,14-16H2,1-2H3,(H,35,38)(H,36,41)(H,39,40)(H2,34,37,42). The van der Waals surface area contributed by atoms with Crippen LogP contribution in [0.25, 0.3) is 0 Å². The number of amides is 4. The molecule has 0 radical (unpaired) electrons. The van der Waals surface area contributed by atoms with E-state index >= 15 is 0 Å². The van der Waals surface area contributed by atoms with Gasteiger partial charge in [-0.2, -0.15) is 0 Å². The molecule has 0 spiro atoms. The molecule has 3 aromatic carbocycles. The van der Waals surface area contributed by atoms with Crippen LogP contribution in [0.3, 0.4) is 0 Å². The second-order valence-corrected chi connectivity index (χ2v) is 10.9. The summed E-state index contributed by atoms with van der Waals surface area (Å²) in [4.78, 5) is 49.9. The van der Waals surface area contributed by atoms with Crippen molar-refractivity contribution >= 4 is 46.8 Å². The van der Waals surface area contributed by atoms with Crippen LogP contribution in [0.4, 0.5) is 20.6 Å². The minimum absolute atomic E-state index is 0.0294. The summed E-state index contributed by atoms with van der Waals surface area (Å²) in [6.45, 7) is 3.42. The number of carbonyl (C=O) groups is 4. The molecule has 1 heterocycles. The zero-order chi connectivity index (χ0) is 32.5. The van der Waals surface area contributed by atoms with Gasteiger partial charge in [0.25, 0.3) is 5.91 Å². The second kappa shape index (κ2) is 15.1. The Balaban J connectivity index is 1.31. The Morgan fingerprint density at radius 1 is 0.956 bits per heavy atom. The van der Waals surface area contributed by atoms with Gasteiger partial charge in [0.1, 0.15) is 17.6 Å². The molecule has 1 aliphatic rings. The van der Waals surface area contributed by atoms with Crippen LogP contribution in [0.2, 0.25) is 5.02 Å². The number of benzene rings is 3. The van der Waals surface area contributed by atoms with Gasteiger partial charge in [-0.1, -0.05) is 31.5 Å². The van der Waals surface area contributed by atoms with Crippen LogP contribution in [0, 0.1) is 11.7 Å². The van der Waals surface area contributed by atoms with Gasteiger partial charge >= 0.3 is 12.0 Å². The summed E-state index contributed by atoms with van der Waals surface area (Å²) in [5, 5.41) is 20.0. The monoisotopic (exact) mass is 642 g/mol. The lowest BCUT2D eigenvalue weighted by molar-refractivity contribution is -0.138. The number of halogens is 2. The van der Waals surface area contributed by atoms with E-state index in [0.29, 0.717) is 34.9 Å². The summed E-state index contributed by atoms with van der Waals surface area (Å²) in [7, 11) is 0. The van der Waals surface area contributed by atoms with E-state index in [-0.39, 0.29) is 29.8 Å². The first-order valence-corrected chi connectivity index (χ1v) is 14.3. The molecule has 0 aliphatic carbocycles. The number of urea groups is 1. The van der Waals surface area contributed by atoms with Crippen molar-refractivity contribution < 1.29 is 42.9 Å². The van der Waals surface area contributed by atoms with Crippen molar-refractivity contribution in [1.29, 1.82) is 0 Å². The van der Waals surface area contributed by atoms with Gasteiger partial charge in [-0.25, -0.2) is 9.18 Å². The number of carboxylic acid groups (broad SMARTS) is 1. The number of aliphatic carboxylic acids is 1. The Morgan fingerprint density at radius 2 is 1.69 bits per heavy atom. The number of hydrogen-bond acceptors (Lipinski definition) is 7. The molecule has 0 bridgehead atoms. The molecular formula is C31H32ClFN4O8. The summed E-state index contributed by atoms with van der Waals surface area (Å²) in [6, 6.07) is 12.2. The molecule has 45 heavy (non-hydrogen) atoms. The van der Waals surface area contributed by atoms with E-state index in [4.69, 9.17) is 25.8 Å². The molecule has 14 heteroatoms. The fourth-order valence-electron chi connectivity index (χ4n) is 4.43. The molecule has 12 nitrogen and oxygen atoms in total. The third-order valence-electron chi connectivity index (χ3n) is 6.51. The van der Waals surface area contributed by atoms with Crippen molar-refractivity contribution in [3.8, 4) is 17.2 Å². The molecule has 4 amide bonds. The molecule has 0 saturated heterocycles.